The van der Waals surface area contributed by atoms with Crippen LogP contribution in [0.25, 0.3) is 0 Å². The van der Waals surface area contributed by atoms with Crippen molar-refractivity contribution in [2.24, 2.45) is 0 Å². The van der Waals surface area contributed by atoms with Crippen LogP contribution in [0.4, 0.5) is 0 Å². The lowest BCUT2D eigenvalue weighted by Gasteiger charge is -2.09. The Morgan fingerprint density at radius 2 is 2.12 bits per heavy atom. The van der Waals surface area contributed by atoms with E-state index in [9.17, 15) is 5.11 Å². The summed E-state index contributed by atoms with van der Waals surface area (Å²) in [6.07, 6.45) is 3.37. The highest BCUT2D eigenvalue weighted by Gasteiger charge is 2.13. The van der Waals surface area contributed by atoms with E-state index in [0.717, 1.165) is 22.6 Å². The molecule has 84 valence electrons. The molecule has 0 amide bonds. The lowest BCUT2D eigenvalue weighted by Crippen LogP contribution is -2.03. The van der Waals surface area contributed by atoms with Crippen LogP contribution < -0.4 is 0 Å². The quantitative estimate of drug-likeness (QED) is 0.859. The van der Waals surface area contributed by atoms with E-state index in [0.29, 0.717) is 6.42 Å². The van der Waals surface area contributed by atoms with Crippen molar-refractivity contribution in [2.45, 2.75) is 26.4 Å². The van der Waals surface area contributed by atoms with Gasteiger partial charge in [0.25, 0.3) is 0 Å². The summed E-state index contributed by atoms with van der Waals surface area (Å²) >= 11 is 0. The van der Waals surface area contributed by atoms with Gasteiger partial charge in [0.05, 0.1) is 12.4 Å². The normalized spacial score (nSPS) is 12.7. The average molecular weight is 217 g/mol. The molecule has 3 nitrogen and oxygen atoms in total. The van der Waals surface area contributed by atoms with Crippen LogP contribution >= 0.6 is 0 Å². The van der Waals surface area contributed by atoms with Gasteiger partial charge in [-0.3, -0.25) is 4.98 Å². The number of aromatic nitrogens is 1. The maximum atomic E-state index is 10.0. The smallest absolute Gasteiger partial charge is 0.106 e. The van der Waals surface area contributed by atoms with Gasteiger partial charge in [0.15, 0.2) is 0 Å². The molecule has 3 heteroatoms. The van der Waals surface area contributed by atoms with Gasteiger partial charge in [-0.1, -0.05) is 6.07 Å². The Morgan fingerprint density at radius 3 is 2.69 bits per heavy atom. The van der Waals surface area contributed by atoms with E-state index in [-0.39, 0.29) is 0 Å². The SMILES string of the molecule is Cc1ccc(CC(O)c2ccoc2C)nc1. The molecule has 2 aromatic heterocycles. The second-order valence-electron chi connectivity index (χ2n) is 3.98. The molecule has 2 aromatic rings. The monoisotopic (exact) mass is 217 g/mol. The third-order valence-electron chi connectivity index (χ3n) is 2.63. The number of rotatable bonds is 3. The van der Waals surface area contributed by atoms with Crippen LogP contribution in [0, 0.1) is 13.8 Å². The number of hydrogen-bond donors (Lipinski definition) is 1. The first kappa shape index (κ1) is 10.9. The maximum Gasteiger partial charge on any atom is 0.106 e. The topological polar surface area (TPSA) is 46.3 Å². The van der Waals surface area contributed by atoms with Crippen molar-refractivity contribution >= 4 is 0 Å². The van der Waals surface area contributed by atoms with Crippen LogP contribution in [0.5, 0.6) is 0 Å². The second-order valence-corrected chi connectivity index (χ2v) is 3.98. The molecule has 1 N–H and O–H groups in total. The van der Waals surface area contributed by atoms with E-state index in [4.69, 9.17) is 4.42 Å². The zero-order chi connectivity index (χ0) is 11.5. The van der Waals surface area contributed by atoms with Crippen molar-refractivity contribution < 1.29 is 9.52 Å². The minimum absolute atomic E-state index is 0.515. The van der Waals surface area contributed by atoms with Crippen LogP contribution in [0.15, 0.2) is 35.1 Å². The molecule has 1 unspecified atom stereocenters. The Morgan fingerprint density at radius 1 is 1.31 bits per heavy atom. The first-order chi connectivity index (χ1) is 7.66. The minimum Gasteiger partial charge on any atom is -0.469 e. The van der Waals surface area contributed by atoms with Gasteiger partial charge >= 0.3 is 0 Å². The molecule has 0 aliphatic rings. The highest BCUT2D eigenvalue weighted by atomic mass is 16.3. The summed E-state index contributed by atoms with van der Waals surface area (Å²) in [7, 11) is 0. The number of aliphatic hydroxyl groups is 1. The first-order valence-electron chi connectivity index (χ1n) is 5.30. The summed E-state index contributed by atoms with van der Waals surface area (Å²) in [6.45, 7) is 3.84. The summed E-state index contributed by atoms with van der Waals surface area (Å²) in [4.78, 5) is 4.27. The fraction of sp³-hybridized carbons (Fsp3) is 0.308. The molecule has 0 aromatic carbocycles. The second kappa shape index (κ2) is 4.49. The van der Waals surface area contributed by atoms with Gasteiger partial charge < -0.3 is 9.52 Å². The largest absolute Gasteiger partial charge is 0.469 e. The number of nitrogens with zero attached hydrogens (tertiary/aromatic N) is 1. The van der Waals surface area contributed by atoms with Gasteiger partial charge in [-0.15, -0.1) is 0 Å². The molecular weight excluding hydrogens is 202 g/mol. The molecule has 2 heterocycles. The van der Waals surface area contributed by atoms with E-state index in [2.05, 4.69) is 4.98 Å². The Labute approximate surface area is 94.8 Å². The summed E-state index contributed by atoms with van der Waals surface area (Å²) in [5, 5.41) is 10.0. The summed E-state index contributed by atoms with van der Waals surface area (Å²) in [5.74, 6) is 0.764. The van der Waals surface area contributed by atoms with Crippen LogP contribution in [0.2, 0.25) is 0 Å². The molecule has 0 aliphatic heterocycles. The van der Waals surface area contributed by atoms with E-state index in [1.165, 1.54) is 0 Å². The zero-order valence-corrected chi connectivity index (χ0v) is 9.47. The van der Waals surface area contributed by atoms with Crippen molar-refractivity contribution in [1.82, 2.24) is 4.98 Å². The van der Waals surface area contributed by atoms with Crippen LogP contribution in [-0.2, 0) is 6.42 Å². The molecular formula is C13H15NO2. The third kappa shape index (κ3) is 2.31. The molecule has 0 saturated heterocycles. The molecule has 16 heavy (non-hydrogen) atoms. The van der Waals surface area contributed by atoms with E-state index in [1.807, 2.05) is 32.2 Å². The van der Waals surface area contributed by atoms with Crippen molar-refractivity contribution in [3.63, 3.8) is 0 Å². The van der Waals surface area contributed by atoms with Crippen LogP contribution in [-0.4, -0.2) is 10.1 Å². The van der Waals surface area contributed by atoms with Crippen molar-refractivity contribution in [1.29, 1.82) is 0 Å². The zero-order valence-electron chi connectivity index (χ0n) is 9.47. The standard InChI is InChI=1S/C13H15NO2/c1-9-3-4-11(14-8-9)7-13(15)12-5-6-16-10(12)2/h3-6,8,13,15H,7H2,1-2H3. The Balaban J connectivity index is 2.10. The third-order valence-corrected chi connectivity index (χ3v) is 2.63. The fourth-order valence-electron chi connectivity index (χ4n) is 1.67. The Kier molecular flexibility index (Phi) is 3.06. The van der Waals surface area contributed by atoms with Crippen LogP contribution in [0.3, 0.4) is 0 Å². The van der Waals surface area contributed by atoms with Gasteiger partial charge in [0.2, 0.25) is 0 Å². The predicted octanol–water partition coefficient (Wildman–Crippen LogP) is 2.57. The van der Waals surface area contributed by atoms with Gasteiger partial charge in [-0.05, 0) is 31.5 Å². The van der Waals surface area contributed by atoms with Crippen LogP contribution in [0.1, 0.15) is 28.7 Å². The molecule has 0 fully saturated rings. The highest BCUT2D eigenvalue weighted by molar-refractivity contribution is 5.21. The van der Waals surface area contributed by atoms with Gasteiger partial charge in [0, 0.05) is 23.9 Å². The Hall–Kier alpha value is -1.61. The minimum atomic E-state index is -0.547. The summed E-state index contributed by atoms with van der Waals surface area (Å²) in [6, 6.07) is 5.74. The number of furan rings is 1. The van der Waals surface area contributed by atoms with Gasteiger partial charge in [0.1, 0.15) is 5.76 Å². The molecule has 0 aliphatic carbocycles. The van der Waals surface area contributed by atoms with E-state index < -0.39 is 6.10 Å². The summed E-state index contributed by atoms with van der Waals surface area (Å²) < 4.78 is 5.16. The van der Waals surface area contributed by atoms with Crippen molar-refractivity contribution in [3.05, 3.63) is 53.2 Å². The molecule has 0 bridgehead atoms. The number of aryl methyl sites for hydroxylation is 2. The number of pyridine rings is 1. The predicted molar refractivity (Wildman–Crippen MR) is 61.1 cm³/mol. The summed E-state index contributed by atoms with van der Waals surface area (Å²) in [5.41, 5.74) is 2.85. The van der Waals surface area contributed by atoms with Crippen molar-refractivity contribution in [3.8, 4) is 0 Å². The van der Waals surface area contributed by atoms with Crippen molar-refractivity contribution in [2.75, 3.05) is 0 Å². The molecule has 1 atom stereocenters. The first-order valence-corrected chi connectivity index (χ1v) is 5.30. The average Bonchev–Trinajstić information content (AvgIpc) is 2.68. The molecule has 2 rings (SSSR count). The fourth-order valence-corrected chi connectivity index (χ4v) is 1.67. The number of hydrogen-bond acceptors (Lipinski definition) is 3. The van der Waals surface area contributed by atoms with E-state index in [1.54, 1.807) is 12.3 Å². The molecule has 0 radical (unpaired) electrons. The lowest BCUT2D eigenvalue weighted by molar-refractivity contribution is 0.175. The number of aliphatic hydroxyl groups excluding tert-OH is 1. The Bertz CT molecular complexity index is 459. The lowest BCUT2D eigenvalue weighted by atomic mass is 10.1. The maximum absolute atomic E-state index is 10.0. The highest BCUT2D eigenvalue weighted by Crippen LogP contribution is 2.21. The molecule has 0 saturated carbocycles. The molecule has 0 spiro atoms. The van der Waals surface area contributed by atoms with E-state index >= 15 is 0 Å². The van der Waals surface area contributed by atoms with Gasteiger partial charge in [-0.2, -0.15) is 0 Å². The van der Waals surface area contributed by atoms with Gasteiger partial charge in [-0.25, -0.2) is 0 Å².